The topological polar surface area (TPSA) is 81.7 Å². The maximum Gasteiger partial charge on any atom is 0.321 e. The van der Waals surface area contributed by atoms with Crippen LogP contribution in [-0.2, 0) is 11.2 Å². The van der Waals surface area contributed by atoms with Crippen molar-refractivity contribution in [3.8, 4) is 5.75 Å². The molecule has 0 bridgehead atoms. The van der Waals surface area contributed by atoms with Gasteiger partial charge in [0.2, 0.25) is 0 Å². The van der Waals surface area contributed by atoms with E-state index in [2.05, 4.69) is 64.3 Å². The van der Waals surface area contributed by atoms with Gasteiger partial charge in [0.05, 0.1) is 12.3 Å². The molecule has 3 heterocycles. The van der Waals surface area contributed by atoms with Gasteiger partial charge in [0.15, 0.2) is 0 Å². The lowest BCUT2D eigenvalue weighted by Crippen LogP contribution is -2.48. The lowest BCUT2D eigenvalue weighted by molar-refractivity contribution is -0.147. The Morgan fingerprint density at radius 3 is 2.48 bits per heavy atom. The maximum absolute atomic E-state index is 12.4. The molecule has 2 fully saturated rings. The summed E-state index contributed by atoms with van der Waals surface area (Å²) in [6.45, 7) is 15.7. The summed E-state index contributed by atoms with van der Waals surface area (Å²) in [6, 6.07) is 18.9. The van der Waals surface area contributed by atoms with E-state index in [1.807, 2.05) is 39.8 Å². The fourth-order valence-electron chi connectivity index (χ4n) is 7.17. The van der Waals surface area contributed by atoms with Crippen molar-refractivity contribution in [2.45, 2.75) is 71.8 Å². The number of benzene rings is 2. The molecule has 2 aromatic carbocycles. The molecule has 1 aromatic heterocycles. The Labute approximate surface area is 251 Å². The number of aryl methyl sites for hydroxylation is 1. The lowest BCUT2D eigenvalue weighted by Gasteiger charge is -2.35. The van der Waals surface area contributed by atoms with Crippen molar-refractivity contribution in [3.05, 3.63) is 82.7 Å². The van der Waals surface area contributed by atoms with Crippen molar-refractivity contribution in [1.82, 2.24) is 20.0 Å². The molecule has 7 nitrogen and oxygen atoms in total. The Kier molecular flexibility index (Phi) is 9.38. The van der Waals surface area contributed by atoms with Gasteiger partial charge in [-0.05, 0) is 80.4 Å². The van der Waals surface area contributed by atoms with E-state index in [1.54, 1.807) is 0 Å². The van der Waals surface area contributed by atoms with Crippen LogP contribution >= 0.6 is 0 Å². The zero-order valence-corrected chi connectivity index (χ0v) is 26.0. The Morgan fingerprint density at radius 2 is 1.83 bits per heavy atom. The zero-order chi connectivity index (χ0) is 29.9. The van der Waals surface area contributed by atoms with Crippen molar-refractivity contribution < 1.29 is 14.6 Å². The lowest BCUT2D eigenvalue weighted by atomic mass is 9.85. The average Bonchev–Trinajstić information content (AvgIpc) is 3.57. The Hall–Kier alpha value is -3.16. The van der Waals surface area contributed by atoms with Gasteiger partial charge >= 0.3 is 5.97 Å². The van der Waals surface area contributed by atoms with E-state index in [0.29, 0.717) is 24.4 Å². The number of piperidine rings is 1. The van der Waals surface area contributed by atoms with Crippen molar-refractivity contribution in [1.29, 1.82) is 0 Å². The number of rotatable bonds is 10. The van der Waals surface area contributed by atoms with Crippen LogP contribution in [0.25, 0.3) is 0 Å². The Balaban J connectivity index is 1.21. The highest BCUT2D eigenvalue weighted by atomic mass is 16.5. The normalized spacial score (nSPS) is 21.5. The highest BCUT2D eigenvalue weighted by molar-refractivity contribution is 5.74. The van der Waals surface area contributed by atoms with Crippen LogP contribution in [-0.4, -0.2) is 76.4 Å². The standard InChI is InChI=1S/C35H48N4O3/c1-6-42-30-12-10-25(11-13-30)19-29-20-32(37-36-29)26-14-16-38(17-15-26)21-28-22-39(33(34(40)41)35(3,4)5)23-31(28)27-9-7-8-24(2)18-27/h7-13,18,20,26,28,31,33H,6,14-17,19,21-23H2,1-5H3,(H,36,37)(H,40,41). The number of nitrogens with one attached hydrogen (secondary N) is 1. The van der Waals surface area contributed by atoms with Crippen LogP contribution in [0.15, 0.2) is 54.6 Å². The minimum absolute atomic E-state index is 0.328. The van der Waals surface area contributed by atoms with Gasteiger partial charge in [0, 0.05) is 43.6 Å². The number of hydrogen-bond donors (Lipinski definition) is 2. The number of ether oxygens (including phenoxy) is 1. The van der Waals surface area contributed by atoms with Gasteiger partial charge in [-0.2, -0.15) is 5.10 Å². The first kappa shape index (κ1) is 30.3. The van der Waals surface area contributed by atoms with Crippen LogP contribution in [0.5, 0.6) is 5.75 Å². The molecule has 0 spiro atoms. The predicted octanol–water partition coefficient (Wildman–Crippen LogP) is 6.10. The summed E-state index contributed by atoms with van der Waals surface area (Å²) in [6.07, 6.45) is 3.03. The molecule has 0 radical (unpaired) electrons. The Morgan fingerprint density at radius 1 is 1.10 bits per heavy atom. The molecule has 5 rings (SSSR count). The molecule has 2 N–H and O–H groups in total. The third-order valence-electron chi connectivity index (χ3n) is 9.14. The van der Waals surface area contributed by atoms with Crippen LogP contribution in [0.3, 0.4) is 0 Å². The largest absolute Gasteiger partial charge is 0.494 e. The number of hydrogen-bond acceptors (Lipinski definition) is 5. The van der Waals surface area contributed by atoms with Gasteiger partial charge in [0.1, 0.15) is 11.8 Å². The average molecular weight is 573 g/mol. The third-order valence-corrected chi connectivity index (χ3v) is 9.14. The fourth-order valence-corrected chi connectivity index (χ4v) is 7.17. The smallest absolute Gasteiger partial charge is 0.321 e. The summed E-state index contributed by atoms with van der Waals surface area (Å²) in [7, 11) is 0. The number of aromatic nitrogens is 2. The molecular weight excluding hydrogens is 524 g/mol. The van der Waals surface area contributed by atoms with E-state index >= 15 is 0 Å². The molecule has 2 aliphatic heterocycles. The van der Waals surface area contributed by atoms with E-state index in [0.717, 1.165) is 63.4 Å². The fraction of sp³-hybridized carbons (Fsp3) is 0.543. The van der Waals surface area contributed by atoms with E-state index in [4.69, 9.17) is 9.84 Å². The first-order valence-electron chi connectivity index (χ1n) is 15.6. The van der Waals surface area contributed by atoms with Crippen LogP contribution in [0.1, 0.15) is 80.5 Å². The number of aliphatic carboxylic acids is 1. The van der Waals surface area contributed by atoms with Gasteiger partial charge in [-0.25, -0.2) is 0 Å². The second-order valence-electron chi connectivity index (χ2n) is 13.5. The van der Waals surface area contributed by atoms with E-state index in [1.165, 1.54) is 22.4 Å². The third kappa shape index (κ3) is 7.24. The maximum atomic E-state index is 12.4. The molecule has 42 heavy (non-hydrogen) atoms. The van der Waals surface area contributed by atoms with Gasteiger partial charge < -0.3 is 14.7 Å². The van der Waals surface area contributed by atoms with Crippen molar-refractivity contribution in [2.75, 3.05) is 39.3 Å². The minimum Gasteiger partial charge on any atom is -0.494 e. The molecule has 3 aromatic rings. The van der Waals surface area contributed by atoms with Gasteiger partial charge in [-0.3, -0.25) is 14.8 Å². The summed E-state index contributed by atoms with van der Waals surface area (Å²) >= 11 is 0. The number of carbonyl (C=O) groups is 1. The number of H-pyrrole nitrogens is 1. The molecule has 2 aliphatic rings. The SMILES string of the molecule is CCOc1ccc(Cc2cc(C3CCN(CC4CN(C(C(=O)O)C(C)(C)C)CC4c4cccc(C)c4)CC3)n[nH]2)cc1. The summed E-state index contributed by atoms with van der Waals surface area (Å²) in [5.74, 6) is 1.40. The molecule has 0 aliphatic carbocycles. The van der Waals surface area contributed by atoms with Crippen molar-refractivity contribution in [3.63, 3.8) is 0 Å². The summed E-state index contributed by atoms with van der Waals surface area (Å²) in [4.78, 5) is 17.2. The molecule has 0 amide bonds. The van der Waals surface area contributed by atoms with Crippen LogP contribution in [0, 0.1) is 18.3 Å². The summed E-state index contributed by atoms with van der Waals surface area (Å²) in [5.41, 5.74) is 5.84. The van der Waals surface area contributed by atoms with Crippen molar-refractivity contribution >= 4 is 5.97 Å². The predicted molar refractivity (Wildman–Crippen MR) is 167 cm³/mol. The van der Waals surface area contributed by atoms with Crippen LogP contribution < -0.4 is 4.74 Å². The first-order chi connectivity index (χ1) is 20.1. The second kappa shape index (κ2) is 13.0. The zero-order valence-electron chi connectivity index (χ0n) is 26.0. The second-order valence-corrected chi connectivity index (χ2v) is 13.5. The monoisotopic (exact) mass is 572 g/mol. The number of carboxylic acid groups (broad SMARTS) is 1. The van der Waals surface area contributed by atoms with Gasteiger partial charge in [-0.1, -0.05) is 62.7 Å². The Bertz CT molecular complexity index is 1320. The van der Waals surface area contributed by atoms with Crippen molar-refractivity contribution in [2.24, 2.45) is 11.3 Å². The van der Waals surface area contributed by atoms with E-state index in [9.17, 15) is 9.90 Å². The quantitative estimate of drug-likeness (QED) is 0.306. The van der Waals surface area contributed by atoms with Gasteiger partial charge in [-0.15, -0.1) is 0 Å². The number of aromatic amines is 1. The number of likely N-dealkylation sites (tertiary alicyclic amines) is 2. The van der Waals surface area contributed by atoms with Gasteiger partial charge in [0.25, 0.3) is 0 Å². The van der Waals surface area contributed by atoms with E-state index in [-0.39, 0.29) is 5.41 Å². The molecule has 3 atom stereocenters. The van der Waals surface area contributed by atoms with E-state index < -0.39 is 12.0 Å². The molecular formula is C35H48N4O3. The number of carboxylic acids is 1. The number of nitrogens with zero attached hydrogens (tertiary/aromatic N) is 3. The molecule has 226 valence electrons. The molecule has 3 unspecified atom stereocenters. The molecule has 0 saturated carbocycles. The van der Waals surface area contributed by atoms with Crippen LogP contribution in [0.2, 0.25) is 0 Å². The minimum atomic E-state index is -0.715. The highest BCUT2D eigenvalue weighted by Crippen LogP contribution is 2.39. The summed E-state index contributed by atoms with van der Waals surface area (Å²) < 4.78 is 5.57. The highest BCUT2D eigenvalue weighted by Gasteiger charge is 2.44. The first-order valence-corrected chi connectivity index (χ1v) is 15.6. The van der Waals surface area contributed by atoms with Crippen LogP contribution in [0.4, 0.5) is 0 Å². The summed E-state index contributed by atoms with van der Waals surface area (Å²) in [5, 5.41) is 18.2. The molecule has 2 saturated heterocycles. The molecule has 7 heteroatoms.